The molecule has 24 heavy (non-hydrogen) atoms. The van der Waals surface area contributed by atoms with Gasteiger partial charge in [0.05, 0.1) is 5.69 Å². The zero-order chi connectivity index (χ0) is 17.9. The standard InChI is InChI=1S/C18H23N3O3/c1-12(2)14-10-15(21(4)20-14)16(22)19-11-18(3,17(23)24)13-8-6-5-7-9-13/h5-10,12H,11H2,1-4H3,(H,19,22)(H,23,24). The van der Waals surface area contributed by atoms with Gasteiger partial charge in [-0.1, -0.05) is 44.2 Å². The van der Waals surface area contributed by atoms with Crippen LogP contribution in [0.25, 0.3) is 0 Å². The van der Waals surface area contributed by atoms with Gasteiger partial charge in [-0.25, -0.2) is 0 Å². The van der Waals surface area contributed by atoms with Crippen molar-refractivity contribution in [1.82, 2.24) is 15.1 Å². The van der Waals surface area contributed by atoms with Crippen LogP contribution in [0.5, 0.6) is 0 Å². The zero-order valence-electron chi connectivity index (χ0n) is 14.4. The minimum absolute atomic E-state index is 0.00658. The van der Waals surface area contributed by atoms with Crippen LogP contribution in [0.3, 0.4) is 0 Å². The molecule has 0 aliphatic carbocycles. The Labute approximate surface area is 141 Å². The number of carboxylic acid groups (broad SMARTS) is 1. The molecule has 0 fully saturated rings. The summed E-state index contributed by atoms with van der Waals surface area (Å²) < 4.78 is 1.52. The number of benzene rings is 1. The predicted octanol–water partition coefficient (Wildman–Crippen LogP) is 2.32. The van der Waals surface area contributed by atoms with Crippen molar-refractivity contribution < 1.29 is 14.7 Å². The van der Waals surface area contributed by atoms with Gasteiger partial charge in [0.15, 0.2) is 0 Å². The molecule has 0 saturated heterocycles. The van der Waals surface area contributed by atoms with Crippen molar-refractivity contribution in [3.63, 3.8) is 0 Å². The largest absolute Gasteiger partial charge is 0.481 e. The highest BCUT2D eigenvalue weighted by Crippen LogP contribution is 2.23. The lowest BCUT2D eigenvalue weighted by atomic mass is 9.82. The molecule has 1 aromatic heterocycles. The Morgan fingerprint density at radius 1 is 1.29 bits per heavy atom. The van der Waals surface area contributed by atoms with Gasteiger partial charge in [-0.3, -0.25) is 14.3 Å². The van der Waals surface area contributed by atoms with E-state index < -0.39 is 11.4 Å². The van der Waals surface area contributed by atoms with Gasteiger partial charge >= 0.3 is 5.97 Å². The summed E-state index contributed by atoms with van der Waals surface area (Å²) in [6, 6.07) is 10.6. The number of carboxylic acids is 1. The number of aryl methyl sites for hydroxylation is 1. The van der Waals surface area contributed by atoms with Crippen molar-refractivity contribution in [2.75, 3.05) is 6.54 Å². The summed E-state index contributed by atoms with van der Waals surface area (Å²) in [5.74, 6) is -1.10. The highest BCUT2D eigenvalue weighted by atomic mass is 16.4. The average molecular weight is 329 g/mol. The Kier molecular flexibility index (Phi) is 5.07. The fraction of sp³-hybridized carbons (Fsp3) is 0.389. The van der Waals surface area contributed by atoms with Gasteiger partial charge in [0, 0.05) is 13.6 Å². The Morgan fingerprint density at radius 2 is 1.92 bits per heavy atom. The van der Waals surface area contributed by atoms with E-state index in [9.17, 15) is 14.7 Å². The van der Waals surface area contributed by atoms with Crippen molar-refractivity contribution in [3.05, 3.63) is 53.3 Å². The first-order valence-electron chi connectivity index (χ1n) is 7.86. The average Bonchev–Trinajstić information content (AvgIpc) is 2.95. The lowest BCUT2D eigenvalue weighted by molar-refractivity contribution is -0.142. The molecule has 1 unspecified atom stereocenters. The van der Waals surface area contributed by atoms with Crippen molar-refractivity contribution in [3.8, 4) is 0 Å². The molecule has 2 rings (SSSR count). The topological polar surface area (TPSA) is 84.2 Å². The molecule has 6 nitrogen and oxygen atoms in total. The van der Waals surface area contributed by atoms with Crippen molar-refractivity contribution in [1.29, 1.82) is 0 Å². The lowest BCUT2D eigenvalue weighted by Gasteiger charge is -2.25. The quantitative estimate of drug-likeness (QED) is 0.852. The van der Waals surface area contributed by atoms with Gasteiger partial charge in [0.1, 0.15) is 11.1 Å². The molecule has 2 N–H and O–H groups in total. The Morgan fingerprint density at radius 3 is 2.42 bits per heavy atom. The number of hydrogen-bond donors (Lipinski definition) is 2. The first-order chi connectivity index (χ1) is 11.3. The SMILES string of the molecule is CC(C)c1cc(C(=O)NCC(C)(C(=O)O)c2ccccc2)n(C)n1. The number of rotatable bonds is 6. The summed E-state index contributed by atoms with van der Waals surface area (Å²) in [5, 5.41) is 16.7. The second-order valence-electron chi connectivity index (χ2n) is 6.42. The molecular weight excluding hydrogens is 306 g/mol. The first-order valence-corrected chi connectivity index (χ1v) is 7.86. The molecule has 0 radical (unpaired) electrons. The number of aromatic nitrogens is 2. The van der Waals surface area contributed by atoms with Crippen molar-refractivity contribution >= 4 is 11.9 Å². The molecule has 0 bridgehead atoms. The second kappa shape index (κ2) is 6.86. The molecule has 2 aromatic rings. The zero-order valence-corrected chi connectivity index (χ0v) is 14.4. The van der Waals surface area contributed by atoms with Crippen LogP contribution in [-0.2, 0) is 17.3 Å². The number of aliphatic carboxylic acids is 1. The highest BCUT2D eigenvalue weighted by molar-refractivity contribution is 5.93. The monoisotopic (exact) mass is 329 g/mol. The molecule has 0 aliphatic heterocycles. The maximum atomic E-state index is 12.4. The number of carbonyl (C=O) groups is 2. The second-order valence-corrected chi connectivity index (χ2v) is 6.42. The van der Waals surface area contributed by atoms with Gasteiger partial charge in [0.2, 0.25) is 0 Å². The molecule has 1 atom stereocenters. The molecular formula is C18H23N3O3. The van der Waals surface area contributed by atoms with E-state index in [2.05, 4.69) is 10.4 Å². The maximum absolute atomic E-state index is 12.4. The summed E-state index contributed by atoms with van der Waals surface area (Å²) in [6.07, 6.45) is 0. The number of nitrogens with one attached hydrogen (secondary N) is 1. The number of nitrogens with zero attached hydrogens (tertiary/aromatic N) is 2. The van der Waals surface area contributed by atoms with Gasteiger partial charge in [-0.2, -0.15) is 5.10 Å². The highest BCUT2D eigenvalue weighted by Gasteiger charge is 2.35. The summed E-state index contributed by atoms with van der Waals surface area (Å²) in [4.78, 5) is 24.2. The van der Waals surface area contributed by atoms with E-state index in [0.29, 0.717) is 11.3 Å². The van der Waals surface area contributed by atoms with Crippen LogP contribution >= 0.6 is 0 Å². The van der Waals surface area contributed by atoms with E-state index in [-0.39, 0.29) is 18.4 Å². The molecule has 1 aromatic carbocycles. The van der Waals surface area contributed by atoms with Crippen LogP contribution in [0, 0.1) is 0 Å². The predicted molar refractivity (Wildman–Crippen MR) is 91.1 cm³/mol. The van der Waals surface area contributed by atoms with Gasteiger partial charge < -0.3 is 10.4 Å². The fourth-order valence-electron chi connectivity index (χ4n) is 2.44. The molecule has 6 heteroatoms. The normalized spacial score (nSPS) is 13.5. The third kappa shape index (κ3) is 3.48. The van der Waals surface area contributed by atoms with Crippen LogP contribution < -0.4 is 5.32 Å². The summed E-state index contributed by atoms with van der Waals surface area (Å²) in [5.41, 5.74) is 0.688. The number of hydrogen-bond acceptors (Lipinski definition) is 3. The lowest BCUT2D eigenvalue weighted by Crippen LogP contribution is -2.44. The smallest absolute Gasteiger partial charge is 0.315 e. The summed E-state index contributed by atoms with van der Waals surface area (Å²) in [7, 11) is 1.70. The number of carbonyl (C=O) groups excluding carboxylic acids is 1. The first kappa shape index (κ1) is 17.7. The Balaban J connectivity index is 2.18. The van der Waals surface area contributed by atoms with Crippen LogP contribution in [0.4, 0.5) is 0 Å². The molecule has 1 amide bonds. The minimum atomic E-state index is -1.20. The Bertz CT molecular complexity index is 737. The van der Waals surface area contributed by atoms with Crippen LogP contribution in [0.2, 0.25) is 0 Å². The molecule has 128 valence electrons. The third-order valence-electron chi connectivity index (χ3n) is 4.21. The van der Waals surface area contributed by atoms with E-state index in [1.165, 1.54) is 4.68 Å². The van der Waals surface area contributed by atoms with E-state index in [1.54, 1.807) is 44.3 Å². The Hall–Kier alpha value is -2.63. The summed E-state index contributed by atoms with van der Waals surface area (Å²) in [6.45, 7) is 5.60. The molecule has 0 spiro atoms. The summed E-state index contributed by atoms with van der Waals surface area (Å²) >= 11 is 0. The van der Waals surface area contributed by atoms with Gasteiger partial charge in [-0.05, 0) is 24.5 Å². The number of amides is 1. The molecule has 0 aliphatic rings. The van der Waals surface area contributed by atoms with Crippen LogP contribution in [0.15, 0.2) is 36.4 Å². The van der Waals surface area contributed by atoms with Crippen LogP contribution in [0.1, 0.15) is 48.4 Å². The van der Waals surface area contributed by atoms with Gasteiger partial charge in [0.25, 0.3) is 5.91 Å². The van der Waals surface area contributed by atoms with E-state index in [4.69, 9.17) is 0 Å². The fourth-order valence-corrected chi connectivity index (χ4v) is 2.44. The molecule has 0 saturated carbocycles. The molecule has 1 heterocycles. The van der Waals surface area contributed by atoms with E-state index >= 15 is 0 Å². The van der Waals surface area contributed by atoms with Crippen molar-refractivity contribution in [2.24, 2.45) is 7.05 Å². The third-order valence-corrected chi connectivity index (χ3v) is 4.21. The van der Waals surface area contributed by atoms with Crippen LogP contribution in [-0.4, -0.2) is 33.3 Å². The van der Waals surface area contributed by atoms with E-state index in [0.717, 1.165) is 5.69 Å². The van der Waals surface area contributed by atoms with E-state index in [1.807, 2.05) is 19.9 Å². The van der Waals surface area contributed by atoms with Crippen molar-refractivity contribution in [2.45, 2.75) is 32.1 Å². The maximum Gasteiger partial charge on any atom is 0.315 e. The minimum Gasteiger partial charge on any atom is -0.481 e. The van der Waals surface area contributed by atoms with Gasteiger partial charge in [-0.15, -0.1) is 0 Å².